The molecule has 0 bridgehead atoms. The summed E-state index contributed by atoms with van der Waals surface area (Å²) in [6, 6.07) is 3.71. The van der Waals surface area contributed by atoms with Crippen LogP contribution in [0.25, 0.3) is 0 Å². The molecule has 2 heterocycles. The van der Waals surface area contributed by atoms with E-state index in [-0.39, 0.29) is 0 Å². The molecule has 18 heavy (non-hydrogen) atoms. The molecule has 2 N–H and O–H groups in total. The molecular weight excluding hydrogens is 261 g/mol. The van der Waals surface area contributed by atoms with E-state index < -0.39 is 17.8 Å². The number of hydrogen-bond acceptors (Lipinski definition) is 3. The largest absolute Gasteiger partial charge is 0.417 e. The van der Waals surface area contributed by atoms with Crippen LogP contribution in [0.2, 0.25) is 0 Å². The molecule has 0 amide bonds. The Morgan fingerprint density at radius 1 is 1.28 bits per heavy atom. The molecule has 1 unspecified atom stereocenters. The first-order chi connectivity index (χ1) is 8.39. The van der Waals surface area contributed by atoms with E-state index in [0.29, 0.717) is 5.69 Å². The average molecular weight is 272 g/mol. The fourth-order valence-corrected chi connectivity index (χ4v) is 2.38. The summed E-state index contributed by atoms with van der Waals surface area (Å²) in [5, 5.41) is 1.90. The third-order valence-corrected chi connectivity index (χ3v) is 3.53. The Bertz CT molecular complexity index is 531. The molecule has 2 rings (SSSR count). The third-order valence-electron chi connectivity index (χ3n) is 2.67. The number of thiophene rings is 1. The molecule has 0 spiro atoms. The van der Waals surface area contributed by atoms with Gasteiger partial charge in [-0.3, -0.25) is 4.98 Å². The zero-order chi connectivity index (χ0) is 13.3. The van der Waals surface area contributed by atoms with E-state index in [9.17, 15) is 13.2 Å². The summed E-state index contributed by atoms with van der Waals surface area (Å²) in [7, 11) is 0. The first-order valence-electron chi connectivity index (χ1n) is 5.22. The number of aryl methyl sites for hydroxylation is 1. The number of pyridine rings is 1. The molecule has 96 valence electrons. The Labute approximate surface area is 106 Å². The molecule has 0 saturated carbocycles. The molecule has 1 atom stereocenters. The van der Waals surface area contributed by atoms with E-state index in [0.717, 1.165) is 22.7 Å². The molecule has 2 aromatic heterocycles. The number of halogens is 3. The van der Waals surface area contributed by atoms with Crippen molar-refractivity contribution in [3.05, 3.63) is 51.5 Å². The summed E-state index contributed by atoms with van der Waals surface area (Å²) in [5.74, 6) is 0. The highest BCUT2D eigenvalue weighted by atomic mass is 32.1. The lowest BCUT2D eigenvalue weighted by atomic mass is 10.0. The molecule has 0 radical (unpaired) electrons. The minimum absolute atomic E-state index is 0.435. The van der Waals surface area contributed by atoms with Crippen LogP contribution in [0.5, 0.6) is 0 Å². The normalized spacial score (nSPS) is 13.6. The monoisotopic (exact) mass is 272 g/mol. The van der Waals surface area contributed by atoms with Crippen LogP contribution < -0.4 is 5.73 Å². The van der Waals surface area contributed by atoms with Crippen molar-refractivity contribution in [1.29, 1.82) is 0 Å². The zero-order valence-corrected chi connectivity index (χ0v) is 10.3. The smallest absolute Gasteiger partial charge is 0.319 e. The Balaban J connectivity index is 2.28. The lowest BCUT2D eigenvalue weighted by Gasteiger charge is -2.12. The van der Waals surface area contributed by atoms with Gasteiger partial charge in [0.2, 0.25) is 0 Å². The van der Waals surface area contributed by atoms with E-state index >= 15 is 0 Å². The second kappa shape index (κ2) is 4.70. The number of hydrogen-bond donors (Lipinski definition) is 1. The molecule has 2 nitrogen and oxygen atoms in total. The first kappa shape index (κ1) is 13.0. The maximum Gasteiger partial charge on any atom is 0.417 e. The van der Waals surface area contributed by atoms with Gasteiger partial charge in [-0.25, -0.2) is 0 Å². The van der Waals surface area contributed by atoms with Crippen LogP contribution in [0.15, 0.2) is 29.8 Å². The minimum atomic E-state index is -4.37. The summed E-state index contributed by atoms with van der Waals surface area (Å²) in [5.41, 5.74) is 6.55. The number of alkyl halides is 3. The van der Waals surface area contributed by atoms with Crippen LogP contribution in [0.4, 0.5) is 13.2 Å². The molecular formula is C12H11F3N2S. The van der Waals surface area contributed by atoms with Gasteiger partial charge in [-0.1, -0.05) is 0 Å². The topological polar surface area (TPSA) is 38.9 Å². The SMILES string of the molecule is Cc1sccc1C(N)c1ccc(C(F)(F)F)cn1. The molecule has 0 aliphatic heterocycles. The highest BCUT2D eigenvalue weighted by Gasteiger charge is 2.30. The van der Waals surface area contributed by atoms with Gasteiger partial charge in [0, 0.05) is 11.1 Å². The van der Waals surface area contributed by atoms with Crippen LogP contribution in [0.3, 0.4) is 0 Å². The van der Waals surface area contributed by atoms with Gasteiger partial charge in [-0.15, -0.1) is 11.3 Å². The predicted octanol–water partition coefficient (Wildman–Crippen LogP) is 3.52. The van der Waals surface area contributed by atoms with Crippen molar-refractivity contribution in [2.24, 2.45) is 5.73 Å². The average Bonchev–Trinajstić information content (AvgIpc) is 2.73. The van der Waals surface area contributed by atoms with E-state index in [1.165, 1.54) is 6.07 Å². The van der Waals surface area contributed by atoms with Gasteiger partial charge < -0.3 is 5.73 Å². The highest BCUT2D eigenvalue weighted by molar-refractivity contribution is 7.10. The molecule has 2 aromatic rings. The van der Waals surface area contributed by atoms with Crippen LogP contribution in [-0.4, -0.2) is 4.98 Å². The van der Waals surface area contributed by atoms with Gasteiger partial charge in [-0.2, -0.15) is 13.2 Å². The predicted molar refractivity (Wildman–Crippen MR) is 64.3 cm³/mol. The van der Waals surface area contributed by atoms with Gasteiger partial charge in [0.1, 0.15) is 0 Å². The minimum Gasteiger partial charge on any atom is -0.319 e. The lowest BCUT2D eigenvalue weighted by Crippen LogP contribution is -2.14. The Hall–Kier alpha value is -1.40. The fraction of sp³-hybridized carbons (Fsp3) is 0.250. The summed E-state index contributed by atoms with van der Waals surface area (Å²) in [6.45, 7) is 1.92. The second-order valence-electron chi connectivity index (χ2n) is 3.88. The van der Waals surface area contributed by atoms with E-state index in [2.05, 4.69) is 4.98 Å². The number of nitrogens with zero attached hydrogens (tertiary/aromatic N) is 1. The van der Waals surface area contributed by atoms with Crippen LogP contribution in [0, 0.1) is 6.92 Å². The Morgan fingerprint density at radius 2 is 2.00 bits per heavy atom. The van der Waals surface area contributed by atoms with Crippen molar-refractivity contribution in [2.45, 2.75) is 19.1 Å². The quantitative estimate of drug-likeness (QED) is 0.908. The zero-order valence-electron chi connectivity index (χ0n) is 9.53. The summed E-state index contributed by atoms with van der Waals surface area (Å²) in [4.78, 5) is 4.85. The van der Waals surface area contributed by atoms with Gasteiger partial charge in [0.15, 0.2) is 0 Å². The highest BCUT2D eigenvalue weighted by Crippen LogP contribution is 2.30. The third kappa shape index (κ3) is 2.54. The molecule has 0 aliphatic carbocycles. The summed E-state index contributed by atoms with van der Waals surface area (Å²) >= 11 is 1.55. The maximum absolute atomic E-state index is 12.4. The van der Waals surface area contributed by atoms with E-state index in [1.54, 1.807) is 11.3 Å². The first-order valence-corrected chi connectivity index (χ1v) is 6.10. The molecule has 0 aliphatic rings. The number of nitrogens with two attached hydrogens (primary N) is 1. The maximum atomic E-state index is 12.4. The fourth-order valence-electron chi connectivity index (χ4n) is 1.63. The lowest BCUT2D eigenvalue weighted by molar-refractivity contribution is -0.137. The van der Waals surface area contributed by atoms with Gasteiger partial charge in [-0.05, 0) is 36.1 Å². The van der Waals surface area contributed by atoms with Crippen molar-refractivity contribution >= 4 is 11.3 Å². The molecule has 6 heteroatoms. The van der Waals surface area contributed by atoms with E-state index in [4.69, 9.17) is 5.73 Å². The molecule has 0 aromatic carbocycles. The molecule has 0 saturated heterocycles. The molecule has 0 fully saturated rings. The van der Waals surface area contributed by atoms with E-state index in [1.807, 2.05) is 18.4 Å². The van der Waals surface area contributed by atoms with Crippen LogP contribution in [0.1, 0.15) is 27.7 Å². The van der Waals surface area contributed by atoms with Crippen molar-refractivity contribution in [3.8, 4) is 0 Å². The summed E-state index contributed by atoms with van der Waals surface area (Å²) in [6.07, 6.45) is -3.55. The number of aromatic nitrogens is 1. The van der Waals surface area contributed by atoms with Crippen molar-refractivity contribution in [2.75, 3.05) is 0 Å². The van der Waals surface area contributed by atoms with Crippen molar-refractivity contribution in [1.82, 2.24) is 4.98 Å². The van der Waals surface area contributed by atoms with Gasteiger partial charge in [0.25, 0.3) is 0 Å². The number of rotatable bonds is 2. The van der Waals surface area contributed by atoms with Gasteiger partial charge >= 0.3 is 6.18 Å². The van der Waals surface area contributed by atoms with Crippen molar-refractivity contribution in [3.63, 3.8) is 0 Å². The van der Waals surface area contributed by atoms with Crippen LogP contribution in [-0.2, 0) is 6.18 Å². The second-order valence-corrected chi connectivity index (χ2v) is 5.00. The Kier molecular flexibility index (Phi) is 3.41. The Morgan fingerprint density at radius 3 is 2.44 bits per heavy atom. The standard InChI is InChI=1S/C12H11F3N2S/c1-7-9(4-5-18-7)11(16)10-3-2-8(6-17-10)12(13,14)15/h2-6,11H,16H2,1H3. The van der Waals surface area contributed by atoms with Crippen molar-refractivity contribution < 1.29 is 13.2 Å². The van der Waals surface area contributed by atoms with Crippen LogP contribution >= 0.6 is 11.3 Å². The van der Waals surface area contributed by atoms with Gasteiger partial charge in [0.05, 0.1) is 17.3 Å². The summed E-state index contributed by atoms with van der Waals surface area (Å²) < 4.78 is 37.2.